The van der Waals surface area contributed by atoms with Crippen molar-refractivity contribution in [2.24, 2.45) is 5.73 Å². The third-order valence-electron chi connectivity index (χ3n) is 6.24. The summed E-state index contributed by atoms with van der Waals surface area (Å²) in [6.07, 6.45) is 3.45. The van der Waals surface area contributed by atoms with Crippen molar-refractivity contribution in [2.75, 3.05) is 11.9 Å². The Kier molecular flexibility index (Phi) is 9.61. The van der Waals surface area contributed by atoms with E-state index < -0.39 is 29.5 Å². The van der Waals surface area contributed by atoms with E-state index in [1.807, 2.05) is 59.2 Å². The summed E-state index contributed by atoms with van der Waals surface area (Å²) < 4.78 is 13.2. The molecule has 208 valence electrons. The van der Waals surface area contributed by atoms with E-state index in [-0.39, 0.29) is 38.5 Å². The maximum Gasteiger partial charge on any atom is 0.302 e. The number of ether oxygens (including phenoxy) is 2. The normalized spacial score (nSPS) is 16.9. The SMILES string of the molecule is C.CC(=O)O[C@H]1Cc2ccccc2[C@@H]1n1cnc(NC(=O)[C@@H](COCc2ccccc2)NC(=O)C(C)(C)N)c1. The maximum atomic E-state index is 13.2. The number of anilines is 1. The molecule has 10 nitrogen and oxygen atoms in total. The summed E-state index contributed by atoms with van der Waals surface area (Å²) >= 11 is 0. The van der Waals surface area contributed by atoms with Crippen LogP contribution in [0.2, 0.25) is 0 Å². The molecular formula is C29H37N5O5. The van der Waals surface area contributed by atoms with Crippen LogP contribution < -0.4 is 16.4 Å². The van der Waals surface area contributed by atoms with Crippen LogP contribution in [0.5, 0.6) is 0 Å². The minimum Gasteiger partial charge on any atom is -0.460 e. The van der Waals surface area contributed by atoms with Gasteiger partial charge in [0, 0.05) is 19.5 Å². The molecule has 2 amide bonds. The summed E-state index contributed by atoms with van der Waals surface area (Å²) in [5.74, 6) is -1.06. The highest BCUT2D eigenvalue weighted by Gasteiger charge is 2.36. The number of carbonyl (C=O) groups is 3. The Hall–Kier alpha value is -4.02. The number of esters is 1. The van der Waals surface area contributed by atoms with Crippen molar-refractivity contribution in [1.29, 1.82) is 0 Å². The van der Waals surface area contributed by atoms with Crippen LogP contribution in [0.4, 0.5) is 5.82 Å². The number of amides is 2. The number of rotatable bonds is 10. The van der Waals surface area contributed by atoms with Crippen molar-refractivity contribution in [3.05, 3.63) is 83.8 Å². The molecule has 2 aromatic carbocycles. The van der Waals surface area contributed by atoms with E-state index in [0.717, 1.165) is 16.7 Å². The molecule has 1 heterocycles. The largest absolute Gasteiger partial charge is 0.460 e. The van der Waals surface area contributed by atoms with E-state index in [2.05, 4.69) is 15.6 Å². The number of nitrogens with two attached hydrogens (primary N) is 1. The monoisotopic (exact) mass is 535 g/mol. The molecule has 39 heavy (non-hydrogen) atoms. The van der Waals surface area contributed by atoms with E-state index >= 15 is 0 Å². The molecule has 3 aromatic rings. The Morgan fingerprint density at radius 2 is 1.82 bits per heavy atom. The second kappa shape index (κ2) is 12.7. The predicted molar refractivity (Wildman–Crippen MR) is 148 cm³/mol. The van der Waals surface area contributed by atoms with Crippen LogP contribution in [0.3, 0.4) is 0 Å². The van der Waals surface area contributed by atoms with Gasteiger partial charge in [0.05, 0.1) is 31.1 Å². The molecule has 0 bridgehead atoms. The third-order valence-corrected chi connectivity index (χ3v) is 6.24. The highest BCUT2D eigenvalue weighted by molar-refractivity contribution is 5.98. The zero-order chi connectivity index (χ0) is 27.3. The molecule has 0 spiro atoms. The molecular weight excluding hydrogens is 498 g/mol. The lowest BCUT2D eigenvalue weighted by molar-refractivity contribution is -0.147. The van der Waals surface area contributed by atoms with Gasteiger partial charge >= 0.3 is 5.97 Å². The van der Waals surface area contributed by atoms with Gasteiger partial charge in [-0.25, -0.2) is 4.98 Å². The van der Waals surface area contributed by atoms with Gasteiger partial charge < -0.3 is 30.4 Å². The van der Waals surface area contributed by atoms with Crippen LogP contribution in [-0.4, -0.2) is 51.6 Å². The van der Waals surface area contributed by atoms with Gasteiger partial charge in [0.2, 0.25) is 5.91 Å². The third kappa shape index (κ3) is 7.52. The predicted octanol–water partition coefficient (Wildman–Crippen LogP) is 2.97. The fraction of sp³-hybridized carbons (Fsp3) is 0.379. The van der Waals surface area contributed by atoms with Gasteiger partial charge in [0.25, 0.3) is 5.91 Å². The Balaban J connectivity index is 0.00000420. The average molecular weight is 536 g/mol. The Labute approximate surface area is 228 Å². The molecule has 4 rings (SSSR count). The fourth-order valence-electron chi connectivity index (χ4n) is 4.37. The Bertz CT molecular complexity index is 1280. The van der Waals surface area contributed by atoms with Gasteiger partial charge in [-0.15, -0.1) is 0 Å². The average Bonchev–Trinajstić information content (AvgIpc) is 3.46. The van der Waals surface area contributed by atoms with Crippen molar-refractivity contribution in [2.45, 2.75) is 65.0 Å². The zero-order valence-electron chi connectivity index (χ0n) is 21.7. The summed E-state index contributed by atoms with van der Waals surface area (Å²) in [5, 5.41) is 5.43. The molecule has 0 fully saturated rings. The standard InChI is InChI=1S/C28H33N5O5.CH4/c1-18(34)38-23-13-20-11-7-8-12-21(20)25(23)33-14-24(30-17-33)32-26(35)22(31-27(36)28(2,3)29)16-37-15-19-9-5-4-6-10-19;/h4-12,14,17,22-23,25H,13,15-16,29H2,1-3H3,(H,31,36)(H,32,35);1H4/t22-,23+,25+;/m1./s1. The molecule has 0 aliphatic heterocycles. The smallest absolute Gasteiger partial charge is 0.302 e. The molecule has 1 aromatic heterocycles. The van der Waals surface area contributed by atoms with Gasteiger partial charge in [-0.05, 0) is 30.5 Å². The zero-order valence-corrected chi connectivity index (χ0v) is 21.7. The topological polar surface area (TPSA) is 138 Å². The number of nitrogens with one attached hydrogen (secondary N) is 2. The number of aromatic nitrogens is 2. The quantitative estimate of drug-likeness (QED) is 0.339. The van der Waals surface area contributed by atoms with E-state index in [1.54, 1.807) is 26.4 Å². The van der Waals surface area contributed by atoms with E-state index in [9.17, 15) is 14.4 Å². The number of benzene rings is 2. The van der Waals surface area contributed by atoms with E-state index in [4.69, 9.17) is 15.2 Å². The van der Waals surface area contributed by atoms with Gasteiger partial charge in [-0.3, -0.25) is 14.4 Å². The van der Waals surface area contributed by atoms with Gasteiger partial charge in [-0.2, -0.15) is 0 Å². The molecule has 0 radical (unpaired) electrons. The highest BCUT2D eigenvalue weighted by atomic mass is 16.5. The maximum absolute atomic E-state index is 13.2. The van der Waals surface area contributed by atoms with Crippen LogP contribution in [0.15, 0.2) is 67.1 Å². The van der Waals surface area contributed by atoms with Gasteiger partial charge in [-0.1, -0.05) is 62.0 Å². The summed E-state index contributed by atoms with van der Waals surface area (Å²) in [6.45, 7) is 4.72. The first kappa shape index (κ1) is 29.5. The number of hydrogen-bond acceptors (Lipinski definition) is 7. The lowest BCUT2D eigenvalue weighted by atomic mass is 10.1. The summed E-state index contributed by atoms with van der Waals surface area (Å²) in [6, 6.07) is 16.1. The summed E-state index contributed by atoms with van der Waals surface area (Å²) in [4.78, 5) is 41.8. The second-order valence-electron chi connectivity index (χ2n) is 9.94. The molecule has 0 saturated carbocycles. The van der Waals surface area contributed by atoms with Crippen LogP contribution >= 0.6 is 0 Å². The van der Waals surface area contributed by atoms with Crippen molar-refractivity contribution < 1.29 is 23.9 Å². The highest BCUT2D eigenvalue weighted by Crippen LogP contribution is 2.36. The van der Waals surface area contributed by atoms with Crippen LogP contribution in [0, 0.1) is 0 Å². The molecule has 0 saturated heterocycles. The molecule has 4 N–H and O–H groups in total. The van der Waals surface area contributed by atoms with Crippen molar-refractivity contribution >= 4 is 23.6 Å². The van der Waals surface area contributed by atoms with E-state index in [0.29, 0.717) is 6.42 Å². The first-order chi connectivity index (χ1) is 18.1. The van der Waals surface area contributed by atoms with Crippen molar-refractivity contribution in [1.82, 2.24) is 14.9 Å². The van der Waals surface area contributed by atoms with Crippen molar-refractivity contribution in [3.8, 4) is 0 Å². The second-order valence-corrected chi connectivity index (χ2v) is 9.94. The minimum absolute atomic E-state index is 0. The molecule has 1 aliphatic carbocycles. The number of hydrogen-bond donors (Lipinski definition) is 3. The first-order valence-corrected chi connectivity index (χ1v) is 12.4. The number of carbonyl (C=O) groups excluding carboxylic acids is 3. The fourth-order valence-corrected chi connectivity index (χ4v) is 4.37. The number of imidazole rings is 1. The molecule has 0 unspecified atom stereocenters. The van der Waals surface area contributed by atoms with Crippen LogP contribution in [-0.2, 0) is 36.9 Å². The van der Waals surface area contributed by atoms with Crippen LogP contribution in [0.1, 0.15) is 50.9 Å². The van der Waals surface area contributed by atoms with E-state index in [1.165, 1.54) is 6.92 Å². The Morgan fingerprint density at radius 1 is 1.13 bits per heavy atom. The Morgan fingerprint density at radius 3 is 2.51 bits per heavy atom. The molecule has 3 atom stereocenters. The lowest BCUT2D eigenvalue weighted by Crippen LogP contribution is -2.56. The number of nitrogens with zero attached hydrogens (tertiary/aromatic N) is 2. The first-order valence-electron chi connectivity index (χ1n) is 12.4. The van der Waals surface area contributed by atoms with Crippen molar-refractivity contribution in [3.63, 3.8) is 0 Å². The summed E-state index contributed by atoms with van der Waals surface area (Å²) in [7, 11) is 0. The number of fused-ring (bicyclic) bond motifs is 1. The van der Waals surface area contributed by atoms with Crippen LogP contribution in [0.25, 0.3) is 0 Å². The molecule has 10 heteroatoms. The molecule has 1 aliphatic rings. The lowest BCUT2D eigenvalue weighted by Gasteiger charge is -2.23. The van der Waals surface area contributed by atoms with Gasteiger partial charge in [0.15, 0.2) is 5.82 Å². The van der Waals surface area contributed by atoms with Gasteiger partial charge in [0.1, 0.15) is 12.1 Å². The summed E-state index contributed by atoms with van der Waals surface area (Å²) in [5.41, 5.74) is 7.80. The minimum atomic E-state index is -1.18.